The van der Waals surface area contributed by atoms with Gasteiger partial charge in [0.2, 0.25) is 0 Å². The molecule has 0 saturated carbocycles. The molecular formula is C15H20N4O. The molecule has 0 spiro atoms. The molecule has 0 aliphatic heterocycles. The predicted molar refractivity (Wildman–Crippen MR) is 77.4 cm³/mol. The first-order chi connectivity index (χ1) is 9.56. The number of carbonyl (C=O) groups excluding carboxylic acids is 1. The maximum Gasteiger partial charge on any atom is 0.251 e. The second kappa shape index (κ2) is 6.32. The number of carbonyl (C=O) groups is 1. The Labute approximate surface area is 119 Å². The summed E-state index contributed by atoms with van der Waals surface area (Å²) in [6, 6.07) is 5.48. The molecule has 0 radical (unpaired) electrons. The van der Waals surface area contributed by atoms with Gasteiger partial charge in [0.25, 0.3) is 5.91 Å². The summed E-state index contributed by atoms with van der Waals surface area (Å²) in [6.07, 6.45) is 3.24. The van der Waals surface area contributed by atoms with Crippen LogP contribution in [0, 0.1) is 19.8 Å². The van der Waals surface area contributed by atoms with Crippen LogP contribution in [-0.4, -0.2) is 27.2 Å². The van der Waals surface area contributed by atoms with Crippen molar-refractivity contribution >= 4 is 5.91 Å². The third-order valence-corrected chi connectivity index (χ3v) is 3.14. The van der Waals surface area contributed by atoms with Gasteiger partial charge in [0, 0.05) is 36.7 Å². The lowest BCUT2D eigenvalue weighted by atomic mass is 10.1. The van der Waals surface area contributed by atoms with E-state index in [4.69, 9.17) is 0 Å². The number of nitrogens with zero attached hydrogens (tertiary/aromatic N) is 3. The van der Waals surface area contributed by atoms with Crippen LogP contribution >= 0.6 is 0 Å². The second-order valence-electron chi connectivity index (χ2n) is 5.16. The molecule has 2 heterocycles. The first-order valence-electron chi connectivity index (χ1n) is 6.75. The highest BCUT2D eigenvalue weighted by atomic mass is 16.1. The number of aryl methyl sites for hydroxylation is 2. The standard InChI is InChI=1S/C15H20N4O/c1-11(10-19-13(3)8-12(2)18-19)9-17-15(20)14-4-6-16-7-5-14/h4-8,11H,9-10H2,1-3H3,(H,17,20)/t11-/m1/s1. The maximum absolute atomic E-state index is 11.9. The van der Waals surface area contributed by atoms with Crippen molar-refractivity contribution in [2.24, 2.45) is 5.92 Å². The number of pyridine rings is 1. The number of rotatable bonds is 5. The van der Waals surface area contributed by atoms with E-state index in [0.717, 1.165) is 17.9 Å². The van der Waals surface area contributed by atoms with Gasteiger partial charge < -0.3 is 5.32 Å². The zero-order chi connectivity index (χ0) is 14.5. The fraction of sp³-hybridized carbons (Fsp3) is 0.400. The topological polar surface area (TPSA) is 59.8 Å². The molecule has 2 aromatic rings. The Morgan fingerprint density at radius 2 is 2.05 bits per heavy atom. The summed E-state index contributed by atoms with van der Waals surface area (Å²) in [7, 11) is 0. The third-order valence-electron chi connectivity index (χ3n) is 3.14. The smallest absolute Gasteiger partial charge is 0.251 e. The molecule has 1 atom stereocenters. The van der Waals surface area contributed by atoms with E-state index >= 15 is 0 Å². The van der Waals surface area contributed by atoms with Crippen molar-refractivity contribution in [2.45, 2.75) is 27.3 Å². The van der Waals surface area contributed by atoms with Gasteiger partial charge in [-0.15, -0.1) is 0 Å². The lowest BCUT2D eigenvalue weighted by molar-refractivity contribution is 0.0946. The van der Waals surface area contributed by atoms with E-state index in [1.165, 1.54) is 0 Å². The first kappa shape index (κ1) is 14.2. The van der Waals surface area contributed by atoms with Crippen LogP contribution in [0.5, 0.6) is 0 Å². The van der Waals surface area contributed by atoms with Crippen LogP contribution in [0.25, 0.3) is 0 Å². The van der Waals surface area contributed by atoms with E-state index in [1.54, 1.807) is 24.5 Å². The van der Waals surface area contributed by atoms with Gasteiger partial charge in [-0.05, 0) is 38.0 Å². The van der Waals surface area contributed by atoms with E-state index in [1.807, 2.05) is 18.5 Å². The summed E-state index contributed by atoms with van der Waals surface area (Å²) in [6.45, 7) is 7.56. The molecular weight excluding hydrogens is 252 g/mol. The SMILES string of the molecule is Cc1cc(C)n(C[C@H](C)CNC(=O)c2ccncc2)n1. The van der Waals surface area contributed by atoms with Gasteiger partial charge in [0.15, 0.2) is 0 Å². The van der Waals surface area contributed by atoms with Gasteiger partial charge in [0.05, 0.1) is 5.69 Å². The molecule has 0 aliphatic carbocycles. The quantitative estimate of drug-likeness (QED) is 0.905. The zero-order valence-electron chi connectivity index (χ0n) is 12.1. The lowest BCUT2D eigenvalue weighted by Crippen LogP contribution is -2.30. The van der Waals surface area contributed by atoms with E-state index in [0.29, 0.717) is 18.0 Å². The molecule has 0 saturated heterocycles. The number of hydrogen-bond acceptors (Lipinski definition) is 3. The van der Waals surface area contributed by atoms with Gasteiger partial charge in [-0.25, -0.2) is 0 Å². The van der Waals surface area contributed by atoms with Crippen LogP contribution in [0.4, 0.5) is 0 Å². The molecule has 2 aromatic heterocycles. The van der Waals surface area contributed by atoms with Crippen molar-refractivity contribution in [3.8, 4) is 0 Å². The number of nitrogens with one attached hydrogen (secondary N) is 1. The van der Waals surface area contributed by atoms with E-state index in [9.17, 15) is 4.79 Å². The average Bonchev–Trinajstić information content (AvgIpc) is 2.75. The van der Waals surface area contributed by atoms with Gasteiger partial charge in [-0.1, -0.05) is 6.92 Å². The second-order valence-corrected chi connectivity index (χ2v) is 5.16. The Morgan fingerprint density at radius 1 is 1.35 bits per heavy atom. The first-order valence-corrected chi connectivity index (χ1v) is 6.75. The van der Waals surface area contributed by atoms with E-state index in [-0.39, 0.29) is 5.91 Å². The fourth-order valence-corrected chi connectivity index (χ4v) is 2.09. The minimum absolute atomic E-state index is 0.0624. The molecule has 106 valence electrons. The molecule has 0 unspecified atom stereocenters. The van der Waals surface area contributed by atoms with Crippen molar-refractivity contribution in [2.75, 3.05) is 6.54 Å². The Morgan fingerprint density at radius 3 is 2.65 bits per heavy atom. The van der Waals surface area contributed by atoms with Crippen molar-refractivity contribution in [1.29, 1.82) is 0 Å². The minimum Gasteiger partial charge on any atom is -0.352 e. The molecule has 0 fully saturated rings. The molecule has 5 heteroatoms. The Hall–Kier alpha value is -2.17. The maximum atomic E-state index is 11.9. The lowest BCUT2D eigenvalue weighted by Gasteiger charge is -2.14. The molecule has 20 heavy (non-hydrogen) atoms. The Kier molecular flexibility index (Phi) is 4.50. The summed E-state index contributed by atoms with van der Waals surface area (Å²) in [5.74, 6) is 0.256. The van der Waals surface area contributed by atoms with Gasteiger partial charge in [-0.3, -0.25) is 14.5 Å². The van der Waals surface area contributed by atoms with Crippen LogP contribution in [0.1, 0.15) is 28.7 Å². The molecule has 0 aliphatic rings. The average molecular weight is 272 g/mol. The fourth-order valence-electron chi connectivity index (χ4n) is 2.09. The predicted octanol–water partition coefficient (Wildman–Crippen LogP) is 1.96. The highest BCUT2D eigenvalue weighted by molar-refractivity contribution is 5.93. The Balaban J connectivity index is 1.85. The van der Waals surface area contributed by atoms with Crippen LogP contribution in [0.3, 0.4) is 0 Å². The molecule has 0 aromatic carbocycles. The van der Waals surface area contributed by atoms with Gasteiger partial charge in [0.1, 0.15) is 0 Å². The highest BCUT2D eigenvalue weighted by Crippen LogP contribution is 2.06. The summed E-state index contributed by atoms with van der Waals surface area (Å²) in [4.78, 5) is 15.8. The van der Waals surface area contributed by atoms with Crippen molar-refractivity contribution in [3.63, 3.8) is 0 Å². The summed E-state index contributed by atoms with van der Waals surface area (Å²) < 4.78 is 1.98. The number of amides is 1. The highest BCUT2D eigenvalue weighted by Gasteiger charge is 2.10. The molecule has 1 N–H and O–H groups in total. The molecule has 1 amide bonds. The number of hydrogen-bond donors (Lipinski definition) is 1. The van der Waals surface area contributed by atoms with Crippen LogP contribution in [-0.2, 0) is 6.54 Å². The van der Waals surface area contributed by atoms with E-state index in [2.05, 4.69) is 28.4 Å². The third kappa shape index (κ3) is 3.66. The largest absolute Gasteiger partial charge is 0.352 e. The van der Waals surface area contributed by atoms with Crippen molar-refractivity contribution in [3.05, 3.63) is 47.5 Å². The van der Waals surface area contributed by atoms with Crippen LogP contribution in [0.2, 0.25) is 0 Å². The molecule has 2 rings (SSSR count). The van der Waals surface area contributed by atoms with Crippen LogP contribution < -0.4 is 5.32 Å². The minimum atomic E-state index is -0.0624. The Bertz CT molecular complexity index is 577. The normalized spacial score (nSPS) is 12.2. The molecule has 0 bridgehead atoms. The van der Waals surface area contributed by atoms with Gasteiger partial charge in [-0.2, -0.15) is 5.10 Å². The van der Waals surface area contributed by atoms with Crippen molar-refractivity contribution < 1.29 is 4.79 Å². The molecule has 5 nitrogen and oxygen atoms in total. The summed E-state index contributed by atoms with van der Waals surface area (Å²) >= 11 is 0. The van der Waals surface area contributed by atoms with Crippen LogP contribution in [0.15, 0.2) is 30.6 Å². The van der Waals surface area contributed by atoms with E-state index < -0.39 is 0 Å². The summed E-state index contributed by atoms with van der Waals surface area (Å²) in [5, 5.41) is 7.37. The number of aromatic nitrogens is 3. The monoisotopic (exact) mass is 272 g/mol. The van der Waals surface area contributed by atoms with Gasteiger partial charge >= 0.3 is 0 Å². The summed E-state index contributed by atoms with van der Waals surface area (Å²) in [5.41, 5.74) is 2.81. The van der Waals surface area contributed by atoms with Crippen molar-refractivity contribution in [1.82, 2.24) is 20.1 Å². The zero-order valence-corrected chi connectivity index (χ0v) is 12.1.